The highest BCUT2D eigenvalue weighted by atomic mass is 16.3. The number of nitrogens with zero attached hydrogens (tertiary/aromatic N) is 4. The average molecular weight is 617 g/mol. The van der Waals surface area contributed by atoms with Crippen LogP contribution in [0.2, 0.25) is 0 Å². The first kappa shape index (κ1) is 26.5. The molecule has 0 spiro atoms. The second-order valence-corrected chi connectivity index (χ2v) is 11.9. The van der Waals surface area contributed by atoms with Gasteiger partial charge in [-0.05, 0) is 40.6 Å². The Hall–Kier alpha value is -6.66. The van der Waals surface area contributed by atoms with E-state index < -0.39 is 0 Å². The Morgan fingerprint density at radius 2 is 1.06 bits per heavy atom. The van der Waals surface area contributed by atoms with E-state index in [1.807, 2.05) is 91.3 Å². The summed E-state index contributed by atoms with van der Waals surface area (Å²) >= 11 is 0. The van der Waals surface area contributed by atoms with E-state index in [4.69, 9.17) is 23.8 Å². The van der Waals surface area contributed by atoms with Crippen LogP contribution in [0.15, 0.2) is 155 Å². The Bertz CT molecular complexity index is 2850. The van der Waals surface area contributed by atoms with Crippen LogP contribution in [0.1, 0.15) is 0 Å². The lowest BCUT2D eigenvalue weighted by molar-refractivity contribution is 0.669. The second kappa shape index (κ2) is 10.4. The van der Waals surface area contributed by atoms with Crippen molar-refractivity contribution in [2.45, 2.75) is 0 Å². The van der Waals surface area contributed by atoms with E-state index in [9.17, 15) is 0 Å². The van der Waals surface area contributed by atoms with E-state index in [2.05, 4.69) is 59.6 Å². The summed E-state index contributed by atoms with van der Waals surface area (Å²) in [5.41, 5.74) is 7.57. The van der Waals surface area contributed by atoms with Crippen LogP contribution < -0.4 is 0 Å². The van der Waals surface area contributed by atoms with Gasteiger partial charge in [0.25, 0.3) is 0 Å². The monoisotopic (exact) mass is 616 g/mol. The van der Waals surface area contributed by atoms with Crippen LogP contribution in [-0.4, -0.2) is 19.9 Å². The minimum atomic E-state index is 0.531. The van der Waals surface area contributed by atoms with E-state index in [1.165, 1.54) is 5.39 Å². The van der Waals surface area contributed by atoms with Crippen LogP contribution >= 0.6 is 0 Å². The molecule has 0 saturated carbocycles. The van der Waals surface area contributed by atoms with Gasteiger partial charge in [0.1, 0.15) is 22.3 Å². The van der Waals surface area contributed by atoms with Crippen LogP contribution in [0.25, 0.3) is 99.9 Å². The molecule has 48 heavy (non-hydrogen) atoms. The summed E-state index contributed by atoms with van der Waals surface area (Å²) in [7, 11) is 0. The van der Waals surface area contributed by atoms with Crippen molar-refractivity contribution in [1.29, 1.82) is 0 Å². The van der Waals surface area contributed by atoms with E-state index in [0.717, 1.165) is 77.1 Å². The molecule has 0 amide bonds. The first-order valence-corrected chi connectivity index (χ1v) is 15.8. The minimum absolute atomic E-state index is 0.531. The maximum Gasteiger partial charge on any atom is 0.167 e. The van der Waals surface area contributed by atoms with Crippen LogP contribution in [0.5, 0.6) is 0 Å². The van der Waals surface area contributed by atoms with Gasteiger partial charge in [-0.15, -0.1) is 0 Å². The summed E-state index contributed by atoms with van der Waals surface area (Å²) in [5.74, 6) is 1.64. The Kier molecular flexibility index (Phi) is 5.77. The third kappa shape index (κ3) is 4.13. The number of aromatic nitrogens is 4. The lowest BCUT2D eigenvalue weighted by Gasteiger charge is -2.09. The van der Waals surface area contributed by atoms with Gasteiger partial charge in [0, 0.05) is 50.6 Å². The molecule has 0 fully saturated rings. The van der Waals surface area contributed by atoms with Gasteiger partial charge in [0.05, 0.1) is 5.56 Å². The molecule has 6 nitrogen and oxygen atoms in total. The van der Waals surface area contributed by atoms with Gasteiger partial charge in [-0.3, -0.25) is 4.98 Å². The zero-order chi connectivity index (χ0) is 31.6. The number of hydrogen-bond donors (Lipinski definition) is 0. The Morgan fingerprint density at radius 1 is 0.396 bits per heavy atom. The third-order valence-electron chi connectivity index (χ3n) is 9.02. The molecule has 4 heterocycles. The molecule has 4 aromatic heterocycles. The molecule has 0 radical (unpaired) electrons. The molecular weight excluding hydrogens is 592 g/mol. The molecule has 6 heteroatoms. The van der Waals surface area contributed by atoms with E-state index >= 15 is 0 Å². The smallest absolute Gasteiger partial charge is 0.167 e. The molecule has 10 aromatic rings. The fourth-order valence-corrected chi connectivity index (χ4v) is 6.75. The lowest BCUT2D eigenvalue weighted by Crippen LogP contribution is -2.00. The largest absolute Gasteiger partial charge is 0.455 e. The zero-order valence-electron chi connectivity index (χ0n) is 25.5. The van der Waals surface area contributed by atoms with Gasteiger partial charge in [0.2, 0.25) is 0 Å². The minimum Gasteiger partial charge on any atom is -0.455 e. The first-order valence-electron chi connectivity index (χ1n) is 15.8. The molecule has 0 unspecified atom stereocenters. The van der Waals surface area contributed by atoms with Crippen molar-refractivity contribution < 1.29 is 8.83 Å². The van der Waals surface area contributed by atoms with Gasteiger partial charge < -0.3 is 8.83 Å². The number of pyridine rings is 1. The van der Waals surface area contributed by atoms with E-state index in [0.29, 0.717) is 17.5 Å². The molecule has 0 bridgehead atoms. The van der Waals surface area contributed by atoms with Gasteiger partial charge >= 0.3 is 0 Å². The highest BCUT2D eigenvalue weighted by molar-refractivity contribution is 6.15. The number of furan rings is 2. The van der Waals surface area contributed by atoms with Crippen molar-refractivity contribution in [2.24, 2.45) is 0 Å². The first-order chi connectivity index (χ1) is 23.8. The molecule has 0 aliphatic rings. The number of benzene rings is 6. The van der Waals surface area contributed by atoms with E-state index in [-0.39, 0.29) is 0 Å². The average Bonchev–Trinajstić information content (AvgIpc) is 3.73. The maximum atomic E-state index is 6.61. The molecule has 10 rings (SSSR count). The molecule has 6 aromatic carbocycles. The maximum absolute atomic E-state index is 6.61. The van der Waals surface area contributed by atoms with Crippen molar-refractivity contribution in [3.63, 3.8) is 0 Å². The standard InChI is InChI=1S/C42H24N4O2/c1-2-11-26(12-3-1)40-44-41(46-42(45-40)32-17-8-15-30-29-14-6-7-18-35(29)47-38(30)32)31-16-9-19-36-37(31)34-24-43-23-33(39(34)48-36)28-21-20-25-10-4-5-13-27(25)22-28/h1-24H. The lowest BCUT2D eigenvalue weighted by atomic mass is 10.0. The van der Waals surface area contributed by atoms with E-state index in [1.54, 1.807) is 0 Å². The quantitative estimate of drug-likeness (QED) is 0.196. The SMILES string of the molecule is c1ccc(-c2nc(-c3cccc4c3oc3ccccc34)nc(-c3cccc4oc5c(-c6ccc7ccccc7c6)cncc5c34)n2)cc1. The molecule has 0 atom stereocenters. The Morgan fingerprint density at radius 3 is 1.98 bits per heavy atom. The number of fused-ring (bicyclic) bond motifs is 7. The van der Waals surface area contributed by atoms with Gasteiger partial charge in [0.15, 0.2) is 17.5 Å². The molecule has 224 valence electrons. The highest BCUT2D eigenvalue weighted by Crippen LogP contribution is 2.41. The summed E-state index contributed by atoms with van der Waals surface area (Å²) in [6.07, 6.45) is 3.74. The molecule has 0 aliphatic heterocycles. The predicted octanol–water partition coefficient (Wildman–Crippen LogP) is 10.9. The Balaban J connectivity index is 1.22. The van der Waals surface area contributed by atoms with Gasteiger partial charge in [-0.1, -0.05) is 109 Å². The van der Waals surface area contributed by atoms with Gasteiger partial charge in [-0.2, -0.15) is 0 Å². The second-order valence-electron chi connectivity index (χ2n) is 11.9. The van der Waals surface area contributed by atoms with Crippen molar-refractivity contribution in [1.82, 2.24) is 19.9 Å². The molecule has 0 N–H and O–H groups in total. The van der Waals surface area contributed by atoms with Crippen molar-refractivity contribution in [3.8, 4) is 45.3 Å². The summed E-state index contributed by atoms with van der Waals surface area (Å²) < 4.78 is 13.0. The summed E-state index contributed by atoms with van der Waals surface area (Å²) in [6, 6.07) is 44.9. The van der Waals surface area contributed by atoms with Crippen LogP contribution in [0.4, 0.5) is 0 Å². The zero-order valence-corrected chi connectivity index (χ0v) is 25.5. The number of hydrogen-bond acceptors (Lipinski definition) is 6. The van der Waals surface area contributed by atoms with Crippen LogP contribution in [-0.2, 0) is 0 Å². The topological polar surface area (TPSA) is 77.8 Å². The third-order valence-corrected chi connectivity index (χ3v) is 9.02. The molecule has 0 saturated heterocycles. The van der Waals surface area contributed by atoms with Crippen molar-refractivity contribution in [3.05, 3.63) is 146 Å². The number of para-hydroxylation sites is 2. The van der Waals surface area contributed by atoms with Crippen molar-refractivity contribution in [2.75, 3.05) is 0 Å². The van der Waals surface area contributed by atoms with Crippen molar-refractivity contribution >= 4 is 54.6 Å². The highest BCUT2D eigenvalue weighted by Gasteiger charge is 2.21. The Labute approximate surface area is 274 Å². The molecular formula is C42H24N4O2. The van der Waals surface area contributed by atoms with Crippen LogP contribution in [0, 0.1) is 0 Å². The summed E-state index contributed by atoms with van der Waals surface area (Å²) in [5, 5.41) is 6.22. The van der Waals surface area contributed by atoms with Crippen LogP contribution in [0.3, 0.4) is 0 Å². The number of rotatable bonds is 4. The van der Waals surface area contributed by atoms with Gasteiger partial charge in [-0.25, -0.2) is 15.0 Å². The fourth-order valence-electron chi connectivity index (χ4n) is 6.75. The summed E-state index contributed by atoms with van der Waals surface area (Å²) in [4.78, 5) is 19.9. The fraction of sp³-hybridized carbons (Fsp3) is 0. The normalized spacial score (nSPS) is 11.8. The predicted molar refractivity (Wildman–Crippen MR) is 191 cm³/mol. The summed E-state index contributed by atoms with van der Waals surface area (Å²) in [6.45, 7) is 0. The molecule has 0 aliphatic carbocycles.